The molecule has 0 heterocycles. The predicted molar refractivity (Wildman–Crippen MR) is 65.6 cm³/mol. The number of carbonyl (C=O) groups is 1. The van der Waals surface area contributed by atoms with E-state index >= 15 is 0 Å². The van der Waals surface area contributed by atoms with Gasteiger partial charge in [0.2, 0.25) is 0 Å². The van der Waals surface area contributed by atoms with Gasteiger partial charge < -0.3 is 10.2 Å². The maximum Gasteiger partial charge on any atom is 0.253 e. The van der Waals surface area contributed by atoms with E-state index in [4.69, 9.17) is 5.11 Å². The summed E-state index contributed by atoms with van der Waals surface area (Å²) in [6.45, 7) is 0. The van der Waals surface area contributed by atoms with E-state index in [1.807, 2.05) is 0 Å². The Morgan fingerprint density at radius 2 is 1.83 bits per heavy atom. The summed E-state index contributed by atoms with van der Waals surface area (Å²) in [5.74, 6) is -1.01. The Bertz CT molecular complexity index is 441. The zero-order chi connectivity index (χ0) is 13.1. The van der Waals surface area contributed by atoms with Crippen LogP contribution in [0.1, 0.15) is 32.1 Å². The van der Waals surface area contributed by atoms with Gasteiger partial charge in [0.05, 0.1) is 0 Å². The van der Waals surface area contributed by atoms with Gasteiger partial charge in [-0.25, -0.2) is 0 Å². The number of hydrogen-bond acceptors (Lipinski definition) is 4. The number of hydrogen-bond donors (Lipinski definition) is 3. The molecule has 1 aromatic rings. The minimum Gasteiger partial charge on any atom is -0.508 e. The molecule has 0 atom stereocenters. The molecule has 0 aliphatic heterocycles. The van der Waals surface area contributed by atoms with Crippen molar-refractivity contribution in [1.29, 1.82) is 0 Å². The van der Waals surface area contributed by atoms with Crippen LogP contribution < -0.4 is 5.06 Å². The minimum absolute atomic E-state index is 0.00312. The zero-order valence-electron chi connectivity index (χ0n) is 10.0. The molecule has 1 fully saturated rings. The molecular weight excluding hydrogens is 234 g/mol. The van der Waals surface area contributed by atoms with E-state index in [1.165, 1.54) is 12.1 Å². The molecule has 98 valence electrons. The van der Waals surface area contributed by atoms with Crippen LogP contribution in [0.3, 0.4) is 0 Å². The van der Waals surface area contributed by atoms with Crippen molar-refractivity contribution in [2.45, 2.75) is 32.1 Å². The normalized spacial score (nSPS) is 16.5. The Labute approximate surface area is 105 Å². The smallest absolute Gasteiger partial charge is 0.253 e. The fraction of sp³-hybridized carbons (Fsp3) is 0.462. The average molecular weight is 251 g/mol. The summed E-state index contributed by atoms with van der Waals surface area (Å²) in [7, 11) is 0. The van der Waals surface area contributed by atoms with E-state index in [2.05, 4.69) is 0 Å². The quantitative estimate of drug-likeness (QED) is 0.557. The third-order valence-corrected chi connectivity index (χ3v) is 3.35. The van der Waals surface area contributed by atoms with Crippen molar-refractivity contribution in [1.82, 2.24) is 0 Å². The molecule has 1 saturated carbocycles. The first-order valence-corrected chi connectivity index (χ1v) is 6.14. The first-order valence-electron chi connectivity index (χ1n) is 6.14. The van der Waals surface area contributed by atoms with Crippen molar-refractivity contribution in [3.8, 4) is 11.5 Å². The summed E-state index contributed by atoms with van der Waals surface area (Å²) in [6, 6.07) is 3.71. The molecule has 0 spiro atoms. The largest absolute Gasteiger partial charge is 0.508 e. The molecule has 1 aromatic carbocycles. The van der Waals surface area contributed by atoms with Crippen molar-refractivity contribution < 1.29 is 20.2 Å². The fourth-order valence-electron chi connectivity index (χ4n) is 2.33. The van der Waals surface area contributed by atoms with Crippen molar-refractivity contribution >= 4 is 11.6 Å². The Morgan fingerprint density at radius 3 is 2.44 bits per heavy atom. The number of hydroxylamine groups is 1. The highest BCUT2D eigenvalue weighted by Crippen LogP contribution is 2.32. The van der Waals surface area contributed by atoms with Gasteiger partial charge in [0.1, 0.15) is 17.2 Å². The van der Waals surface area contributed by atoms with E-state index in [1.54, 1.807) is 0 Å². The van der Waals surface area contributed by atoms with Crippen LogP contribution in [0.2, 0.25) is 0 Å². The standard InChI is InChI=1S/C13H17NO4/c15-10-6-7-11(12(16)8-10)14(18)13(17)9-4-2-1-3-5-9/h6-9,15-16,18H,1-5H2. The number of anilines is 1. The highest BCUT2D eigenvalue weighted by Gasteiger charge is 2.27. The van der Waals surface area contributed by atoms with Crippen molar-refractivity contribution in [3.05, 3.63) is 18.2 Å². The topological polar surface area (TPSA) is 81.0 Å². The third kappa shape index (κ3) is 2.56. The lowest BCUT2D eigenvalue weighted by molar-refractivity contribution is -0.128. The second-order valence-corrected chi connectivity index (χ2v) is 4.66. The van der Waals surface area contributed by atoms with E-state index in [-0.39, 0.29) is 23.1 Å². The Kier molecular flexibility index (Phi) is 3.72. The summed E-state index contributed by atoms with van der Waals surface area (Å²) in [5, 5.41) is 29.1. The summed E-state index contributed by atoms with van der Waals surface area (Å²) in [6.07, 6.45) is 4.65. The van der Waals surface area contributed by atoms with Crippen LogP contribution in [0.25, 0.3) is 0 Å². The molecule has 0 saturated heterocycles. The van der Waals surface area contributed by atoms with Crippen LogP contribution in [-0.2, 0) is 4.79 Å². The summed E-state index contributed by atoms with van der Waals surface area (Å²) in [4.78, 5) is 12.0. The van der Waals surface area contributed by atoms with Gasteiger partial charge in [-0.05, 0) is 25.0 Å². The van der Waals surface area contributed by atoms with Crippen LogP contribution in [0.5, 0.6) is 11.5 Å². The number of phenols is 2. The Hall–Kier alpha value is -1.75. The van der Waals surface area contributed by atoms with Crippen LogP contribution in [0, 0.1) is 5.92 Å². The maximum absolute atomic E-state index is 12.0. The number of aromatic hydroxyl groups is 2. The summed E-state index contributed by atoms with van der Waals surface area (Å²) in [5.41, 5.74) is 0.00312. The van der Waals surface area contributed by atoms with Crippen molar-refractivity contribution in [2.75, 3.05) is 5.06 Å². The molecule has 1 amide bonds. The first-order chi connectivity index (χ1) is 8.59. The molecule has 1 aliphatic rings. The number of nitrogens with zero attached hydrogens (tertiary/aromatic N) is 1. The monoisotopic (exact) mass is 251 g/mol. The molecule has 5 heteroatoms. The molecule has 0 unspecified atom stereocenters. The highest BCUT2D eigenvalue weighted by molar-refractivity contribution is 5.94. The van der Waals surface area contributed by atoms with Gasteiger partial charge in [0.15, 0.2) is 0 Å². The predicted octanol–water partition coefficient (Wildman–Crippen LogP) is 2.40. The van der Waals surface area contributed by atoms with E-state index in [9.17, 15) is 15.1 Å². The first kappa shape index (κ1) is 12.7. The molecule has 2 rings (SSSR count). The van der Waals surface area contributed by atoms with Gasteiger partial charge in [-0.3, -0.25) is 10.0 Å². The minimum atomic E-state index is -0.393. The highest BCUT2D eigenvalue weighted by atomic mass is 16.5. The molecule has 0 radical (unpaired) electrons. The SMILES string of the molecule is O=C(C1CCCCC1)N(O)c1ccc(O)cc1O. The lowest BCUT2D eigenvalue weighted by atomic mass is 9.88. The number of amides is 1. The summed E-state index contributed by atoms with van der Waals surface area (Å²) < 4.78 is 0. The average Bonchev–Trinajstić information content (AvgIpc) is 2.38. The third-order valence-electron chi connectivity index (χ3n) is 3.35. The van der Waals surface area contributed by atoms with Crippen LogP contribution in [0.15, 0.2) is 18.2 Å². The molecular formula is C13H17NO4. The molecule has 5 nitrogen and oxygen atoms in total. The van der Waals surface area contributed by atoms with Gasteiger partial charge in [0, 0.05) is 12.0 Å². The van der Waals surface area contributed by atoms with Crippen LogP contribution >= 0.6 is 0 Å². The van der Waals surface area contributed by atoms with Crippen LogP contribution in [-0.4, -0.2) is 21.3 Å². The number of carbonyl (C=O) groups excluding carboxylic acids is 1. The van der Waals surface area contributed by atoms with Gasteiger partial charge in [-0.2, -0.15) is 5.06 Å². The van der Waals surface area contributed by atoms with Crippen LogP contribution in [0.4, 0.5) is 5.69 Å². The maximum atomic E-state index is 12.0. The zero-order valence-corrected chi connectivity index (χ0v) is 10.0. The van der Waals surface area contributed by atoms with Gasteiger partial charge in [-0.15, -0.1) is 0 Å². The molecule has 18 heavy (non-hydrogen) atoms. The molecule has 0 bridgehead atoms. The second kappa shape index (κ2) is 5.27. The number of benzene rings is 1. The van der Waals surface area contributed by atoms with E-state index in [0.29, 0.717) is 5.06 Å². The molecule has 1 aliphatic carbocycles. The Morgan fingerprint density at radius 1 is 1.17 bits per heavy atom. The van der Waals surface area contributed by atoms with E-state index < -0.39 is 5.91 Å². The Balaban J connectivity index is 2.14. The molecule has 3 N–H and O–H groups in total. The van der Waals surface area contributed by atoms with Crippen molar-refractivity contribution in [2.24, 2.45) is 5.92 Å². The fourth-order valence-corrected chi connectivity index (χ4v) is 2.33. The second-order valence-electron chi connectivity index (χ2n) is 4.66. The number of phenolic OH excluding ortho intramolecular Hbond substituents is 2. The molecule has 0 aromatic heterocycles. The van der Waals surface area contributed by atoms with E-state index in [0.717, 1.165) is 38.2 Å². The van der Waals surface area contributed by atoms with Gasteiger partial charge in [0.25, 0.3) is 5.91 Å². The van der Waals surface area contributed by atoms with Gasteiger partial charge >= 0.3 is 0 Å². The summed E-state index contributed by atoms with van der Waals surface area (Å²) >= 11 is 0. The number of rotatable bonds is 2. The van der Waals surface area contributed by atoms with Crippen molar-refractivity contribution in [3.63, 3.8) is 0 Å². The lowest BCUT2D eigenvalue weighted by Gasteiger charge is -2.25. The lowest BCUT2D eigenvalue weighted by Crippen LogP contribution is -2.34. The van der Waals surface area contributed by atoms with Gasteiger partial charge in [-0.1, -0.05) is 19.3 Å².